The molecule has 0 saturated carbocycles. The van der Waals surface area contributed by atoms with E-state index in [9.17, 15) is 19.0 Å². The number of nitrogens with zero attached hydrogens (tertiary/aromatic N) is 1. The predicted octanol–water partition coefficient (Wildman–Crippen LogP) is 17.6. The van der Waals surface area contributed by atoms with Gasteiger partial charge in [0.25, 0.3) is 7.82 Å². The summed E-state index contributed by atoms with van der Waals surface area (Å²) in [5.41, 5.74) is 0. The van der Waals surface area contributed by atoms with E-state index in [0.717, 1.165) is 103 Å². The summed E-state index contributed by atoms with van der Waals surface area (Å²) in [4.78, 5) is 37.7. The average Bonchev–Trinajstić information content (AvgIpc) is 3.34. The average molecular weight is 1030 g/mol. The summed E-state index contributed by atoms with van der Waals surface area (Å²) < 4.78 is 34.0. The smallest absolute Gasteiger partial charge is 0.306 e. The van der Waals surface area contributed by atoms with Crippen LogP contribution >= 0.6 is 7.82 Å². The molecule has 0 heterocycles. The number of carbonyl (C=O) groups excluding carboxylic acids is 2. The molecule has 0 N–H and O–H groups in total. The molecule has 0 saturated heterocycles. The zero-order valence-electron chi connectivity index (χ0n) is 47.1. The van der Waals surface area contributed by atoms with Crippen molar-refractivity contribution >= 4 is 19.8 Å². The third kappa shape index (κ3) is 56.5. The van der Waals surface area contributed by atoms with E-state index in [2.05, 4.69) is 98.9 Å². The van der Waals surface area contributed by atoms with Gasteiger partial charge in [0.15, 0.2) is 6.10 Å². The van der Waals surface area contributed by atoms with E-state index in [-0.39, 0.29) is 26.1 Å². The van der Waals surface area contributed by atoms with Gasteiger partial charge in [0.2, 0.25) is 0 Å². The lowest BCUT2D eigenvalue weighted by Gasteiger charge is -2.28. The SMILES string of the molecule is CC/C=C\C/C=C\C/C=C\C/C=C\C/C=C\C/C=C\CCCCCCCCCCCCCCCCCCCCC(=O)OC(COC(=O)CCCCCCC/C=C\CCCC)COP(=O)([O-])OCC[N+](C)(C)C. The lowest BCUT2D eigenvalue weighted by molar-refractivity contribution is -0.870. The molecule has 0 rings (SSSR count). The molecule has 2 atom stereocenters. The van der Waals surface area contributed by atoms with Crippen molar-refractivity contribution in [2.75, 3.05) is 47.5 Å². The van der Waals surface area contributed by atoms with Crippen molar-refractivity contribution in [3.63, 3.8) is 0 Å². The molecule has 10 heteroatoms. The van der Waals surface area contributed by atoms with Crippen LogP contribution in [0.25, 0.3) is 0 Å². The van der Waals surface area contributed by atoms with Crippen LogP contribution in [0, 0.1) is 0 Å². The second-order valence-corrected chi connectivity index (χ2v) is 22.0. The molecule has 72 heavy (non-hydrogen) atoms. The van der Waals surface area contributed by atoms with Gasteiger partial charge in [0.05, 0.1) is 27.7 Å². The Kier molecular flexibility index (Phi) is 51.0. The van der Waals surface area contributed by atoms with Crippen LogP contribution in [0.1, 0.15) is 245 Å². The van der Waals surface area contributed by atoms with Gasteiger partial charge in [0, 0.05) is 12.8 Å². The molecule has 0 aromatic rings. The van der Waals surface area contributed by atoms with E-state index in [1.54, 1.807) is 0 Å². The number of ether oxygens (including phenoxy) is 2. The highest BCUT2D eigenvalue weighted by atomic mass is 31.2. The number of rotatable bonds is 53. The Morgan fingerprint density at radius 3 is 1.19 bits per heavy atom. The number of carbonyl (C=O) groups is 2. The monoisotopic (exact) mass is 1030 g/mol. The Morgan fingerprint density at radius 1 is 0.444 bits per heavy atom. The van der Waals surface area contributed by atoms with Crippen LogP contribution in [0.5, 0.6) is 0 Å². The van der Waals surface area contributed by atoms with Crippen LogP contribution in [0.15, 0.2) is 85.1 Å². The van der Waals surface area contributed by atoms with E-state index in [1.807, 2.05) is 21.1 Å². The van der Waals surface area contributed by atoms with Gasteiger partial charge in [-0.25, -0.2) is 0 Å². The minimum atomic E-state index is -4.63. The minimum absolute atomic E-state index is 0.0333. The van der Waals surface area contributed by atoms with E-state index in [4.69, 9.17) is 18.5 Å². The van der Waals surface area contributed by atoms with Gasteiger partial charge in [-0.15, -0.1) is 0 Å². The van der Waals surface area contributed by atoms with Crippen LogP contribution in [0.3, 0.4) is 0 Å². The first-order valence-corrected chi connectivity index (χ1v) is 30.8. The number of unbranched alkanes of at least 4 members (excludes halogenated alkanes) is 25. The number of hydrogen-bond acceptors (Lipinski definition) is 8. The second kappa shape index (κ2) is 53.0. The zero-order valence-corrected chi connectivity index (χ0v) is 48.0. The maximum absolute atomic E-state index is 12.8. The van der Waals surface area contributed by atoms with Crippen LogP contribution in [0.4, 0.5) is 0 Å². The molecule has 0 spiro atoms. The first-order valence-electron chi connectivity index (χ1n) is 29.3. The third-order valence-corrected chi connectivity index (χ3v) is 13.4. The largest absolute Gasteiger partial charge is 0.756 e. The van der Waals surface area contributed by atoms with Gasteiger partial charge in [-0.2, -0.15) is 0 Å². The molecule has 0 aliphatic rings. The highest BCUT2D eigenvalue weighted by molar-refractivity contribution is 7.45. The number of quaternary nitrogens is 1. The Bertz CT molecular complexity index is 1490. The van der Waals surface area contributed by atoms with E-state index < -0.39 is 32.5 Å². The highest BCUT2D eigenvalue weighted by Crippen LogP contribution is 2.38. The van der Waals surface area contributed by atoms with Gasteiger partial charge in [-0.05, 0) is 83.5 Å². The van der Waals surface area contributed by atoms with Crippen molar-refractivity contribution in [1.29, 1.82) is 0 Å². The van der Waals surface area contributed by atoms with E-state index in [0.29, 0.717) is 17.4 Å². The maximum atomic E-state index is 12.8. The number of allylic oxidation sites excluding steroid dienone is 14. The van der Waals surface area contributed by atoms with Crippen molar-refractivity contribution < 1.29 is 42.1 Å². The Hall–Kier alpha value is -2.81. The van der Waals surface area contributed by atoms with Gasteiger partial charge in [-0.3, -0.25) is 14.2 Å². The molecule has 2 unspecified atom stereocenters. The number of hydrogen-bond donors (Lipinski definition) is 0. The van der Waals surface area contributed by atoms with E-state index >= 15 is 0 Å². The third-order valence-electron chi connectivity index (χ3n) is 12.4. The standard InChI is InChI=1S/C62H110NO8P/c1-6-8-10-12-14-16-18-19-20-21-22-23-24-25-26-27-28-29-30-31-32-33-34-35-36-37-38-39-40-41-42-43-45-47-49-51-53-55-62(65)71-60(59-70-72(66,67)69-57-56-63(3,4)5)58-68-61(64)54-52-50-48-46-44-17-15-13-11-9-7-2/h8,10,13-16,19-20,22-23,25-26,28-29,60H,6-7,9,11-12,17-18,21,24,27,30-59H2,1-5H3/b10-8-,15-13-,16-14-,20-19-,23-22-,26-25-,29-28-. The lowest BCUT2D eigenvalue weighted by atomic mass is 10.0. The second-order valence-electron chi connectivity index (χ2n) is 20.6. The molecule has 0 bridgehead atoms. The van der Waals surface area contributed by atoms with Gasteiger partial charge in [-0.1, -0.05) is 234 Å². The summed E-state index contributed by atoms with van der Waals surface area (Å²) in [5.74, 6) is -0.842. The Balaban J connectivity index is 3.96. The number of phosphoric ester groups is 1. The van der Waals surface area contributed by atoms with Crippen molar-refractivity contribution in [1.82, 2.24) is 0 Å². The summed E-state index contributed by atoms with van der Waals surface area (Å²) in [5, 5.41) is 0. The Labute approximate surface area is 443 Å². The maximum Gasteiger partial charge on any atom is 0.306 e. The summed E-state index contributed by atoms with van der Waals surface area (Å²) in [7, 11) is 1.16. The van der Waals surface area contributed by atoms with Crippen molar-refractivity contribution in [3.05, 3.63) is 85.1 Å². The minimum Gasteiger partial charge on any atom is -0.756 e. The van der Waals surface area contributed by atoms with Crippen molar-refractivity contribution in [2.45, 2.75) is 251 Å². The summed E-state index contributed by atoms with van der Waals surface area (Å²) >= 11 is 0. The molecule has 0 radical (unpaired) electrons. The van der Waals surface area contributed by atoms with Crippen molar-refractivity contribution in [2.24, 2.45) is 0 Å². The van der Waals surface area contributed by atoms with E-state index in [1.165, 1.54) is 109 Å². The quantitative estimate of drug-likeness (QED) is 0.0195. The predicted molar refractivity (Wildman–Crippen MR) is 305 cm³/mol. The summed E-state index contributed by atoms with van der Waals surface area (Å²) in [6, 6.07) is 0. The fourth-order valence-corrected chi connectivity index (χ4v) is 8.60. The number of esters is 2. The normalized spacial score (nSPS) is 13.9. The number of likely N-dealkylation sites (N-methyl/N-ethyl adjacent to an activating group) is 1. The molecule has 416 valence electrons. The summed E-state index contributed by atoms with van der Waals surface area (Å²) in [6.45, 7) is 4.08. The molecular formula is C62H110NO8P. The van der Waals surface area contributed by atoms with Crippen molar-refractivity contribution in [3.8, 4) is 0 Å². The first kappa shape index (κ1) is 69.2. The zero-order chi connectivity index (χ0) is 52.7. The van der Waals surface area contributed by atoms with Gasteiger partial charge in [0.1, 0.15) is 19.8 Å². The fourth-order valence-electron chi connectivity index (χ4n) is 7.88. The molecule has 0 amide bonds. The molecule has 0 aliphatic carbocycles. The molecule has 9 nitrogen and oxygen atoms in total. The van der Waals surface area contributed by atoms with Gasteiger partial charge < -0.3 is 27.9 Å². The molecule has 0 aliphatic heterocycles. The topological polar surface area (TPSA) is 111 Å². The molecule has 0 aromatic heterocycles. The van der Waals surface area contributed by atoms with Crippen LogP contribution in [-0.2, 0) is 32.7 Å². The summed E-state index contributed by atoms with van der Waals surface area (Å²) in [6.07, 6.45) is 70.8. The van der Waals surface area contributed by atoms with Crippen LogP contribution in [-0.4, -0.2) is 70.0 Å². The highest BCUT2D eigenvalue weighted by Gasteiger charge is 2.22. The Morgan fingerprint density at radius 2 is 0.792 bits per heavy atom. The lowest BCUT2D eigenvalue weighted by Crippen LogP contribution is -2.37. The molecule has 0 fully saturated rings. The van der Waals surface area contributed by atoms with Crippen LogP contribution in [0.2, 0.25) is 0 Å². The molecule has 0 aromatic carbocycles. The van der Waals surface area contributed by atoms with Gasteiger partial charge >= 0.3 is 11.9 Å². The molecular weight excluding hydrogens is 918 g/mol. The fraction of sp³-hybridized carbons (Fsp3) is 0.742. The van der Waals surface area contributed by atoms with Crippen LogP contribution < -0.4 is 4.89 Å². The first-order chi connectivity index (χ1) is 35.0. The number of phosphoric acid groups is 1.